The van der Waals surface area contributed by atoms with Gasteiger partial charge in [-0.25, -0.2) is 19.1 Å². The molecule has 0 saturated heterocycles. The number of allylic oxidation sites excluding steroid dienone is 1. The minimum Gasteiger partial charge on any atom is -1.00 e. The summed E-state index contributed by atoms with van der Waals surface area (Å²) in [6.07, 6.45) is 1.00. The van der Waals surface area contributed by atoms with Gasteiger partial charge in [0.25, 0.3) is 0 Å². The Balaban J connectivity index is -0.0000000800. The Morgan fingerprint density at radius 2 is 1.86 bits per heavy atom. The van der Waals surface area contributed by atoms with Crippen LogP contribution in [0.1, 0.15) is 13.3 Å². The molecule has 0 heterocycles. The molecule has 38 valence electrons. The molecule has 0 atom stereocenters. The van der Waals surface area contributed by atoms with Gasteiger partial charge in [0.1, 0.15) is 0 Å². The Bertz CT molecular complexity index is 43.3. The van der Waals surface area contributed by atoms with Crippen LogP contribution in [0.25, 0.3) is 0 Å². The molecule has 0 spiro atoms. The number of hydrogen-bond acceptors (Lipinski definition) is 0. The van der Waals surface area contributed by atoms with Crippen LogP contribution in [-0.4, -0.2) is 23.1 Å². The van der Waals surface area contributed by atoms with Crippen molar-refractivity contribution in [3.05, 3.63) is 19.1 Å². The molecule has 0 radical (unpaired) electrons. The zero-order valence-electron chi connectivity index (χ0n) is 4.71. The second-order valence-corrected chi connectivity index (χ2v) is 1.10. The van der Waals surface area contributed by atoms with Crippen LogP contribution in [0.3, 0.4) is 0 Å². The van der Waals surface area contributed by atoms with Gasteiger partial charge in [-0.15, -0.1) is 0 Å². The van der Waals surface area contributed by atoms with Crippen LogP contribution in [0, 0.1) is 6.92 Å². The van der Waals surface area contributed by atoms with E-state index >= 15 is 0 Å². The first-order chi connectivity index (χ1) is 2.27. The molecule has 0 aliphatic heterocycles. The molecule has 0 aliphatic carbocycles. The maximum Gasteiger partial charge on any atom is 2.00 e. The first-order valence-electron chi connectivity index (χ1n) is 1.77. The first-order valence-corrected chi connectivity index (χ1v) is 1.77. The van der Waals surface area contributed by atoms with Crippen molar-refractivity contribution in [2.24, 2.45) is 0 Å². The fraction of sp³-hybridized carbons (Fsp3) is 0.400. The van der Waals surface area contributed by atoms with E-state index in [1.807, 2.05) is 6.92 Å². The third-order valence-electron chi connectivity index (χ3n) is 0.500. The molecule has 0 aromatic heterocycles. The zero-order chi connectivity index (χ0) is 4.28. The molecule has 0 amide bonds. The van der Waals surface area contributed by atoms with Crippen molar-refractivity contribution in [2.75, 3.05) is 0 Å². The Kier molecular flexibility index (Phi) is 22.0. The average molecular weight is 129 g/mol. The Hall–Kier alpha value is 0.666. The van der Waals surface area contributed by atoms with Crippen molar-refractivity contribution in [1.82, 2.24) is 0 Å². The van der Waals surface area contributed by atoms with Crippen LogP contribution in [-0.2, 0) is 0 Å². The molecule has 0 fully saturated rings. The zero-order valence-corrected chi connectivity index (χ0v) is 6.88. The average Bonchev–Trinajstić information content (AvgIpc) is 1.38. The molecule has 2 heteroatoms. The summed E-state index contributed by atoms with van der Waals surface area (Å²) in [6.45, 7) is 9.16. The predicted octanol–water partition coefficient (Wildman–Crippen LogP) is -1.59. The van der Waals surface area contributed by atoms with E-state index in [0.29, 0.717) is 0 Å². The van der Waals surface area contributed by atoms with E-state index in [1.165, 1.54) is 0 Å². The molecule has 0 saturated carbocycles. The number of halogens is 1. The first kappa shape index (κ1) is 15.6. The minimum atomic E-state index is 0. The summed E-state index contributed by atoms with van der Waals surface area (Å²) in [5, 5.41) is 0. The van der Waals surface area contributed by atoms with Crippen LogP contribution in [0.4, 0.5) is 0 Å². The summed E-state index contributed by atoms with van der Waals surface area (Å²) >= 11 is 0. The topological polar surface area (TPSA) is 0 Å². The number of rotatable bonds is 1. The number of hydrogen-bond donors (Lipinski definition) is 0. The van der Waals surface area contributed by atoms with Crippen LogP contribution < -0.4 is 12.4 Å². The Morgan fingerprint density at radius 1 is 1.71 bits per heavy atom. The molecular weight excluding hydrogens is 120 g/mol. The van der Waals surface area contributed by atoms with Crippen LogP contribution in [0.5, 0.6) is 0 Å². The van der Waals surface area contributed by atoms with E-state index in [0.717, 1.165) is 12.0 Å². The standard InChI is InChI=1S/C5H9.ClH.Mg/c1-4-5(2)3;;/h2-4H2,1H3;1H;/q-1;;+2/p-1. The maximum absolute atomic E-state index is 3.56. The Morgan fingerprint density at radius 3 is 1.86 bits per heavy atom. The molecule has 0 aliphatic rings. The van der Waals surface area contributed by atoms with Gasteiger partial charge in [-0.05, 0) is 0 Å². The molecule has 0 rings (SSSR count). The van der Waals surface area contributed by atoms with Gasteiger partial charge < -0.3 is 12.4 Å². The van der Waals surface area contributed by atoms with Gasteiger partial charge in [0, 0.05) is 0 Å². The quantitative estimate of drug-likeness (QED) is 0.295. The van der Waals surface area contributed by atoms with Gasteiger partial charge in [0.2, 0.25) is 0 Å². The van der Waals surface area contributed by atoms with Crippen molar-refractivity contribution in [2.45, 2.75) is 13.3 Å². The van der Waals surface area contributed by atoms with Crippen molar-refractivity contribution < 1.29 is 12.4 Å². The summed E-state index contributed by atoms with van der Waals surface area (Å²) in [5.41, 5.74) is 1.00. The fourth-order valence-electron chi connectivity index (χ4n) is 0. The molecule has 0 N–H and O–H groups in total. The fourth-order valence-corrected chi connectivity index (χ4v) is 0. The van der Waals surface area contributed by atoms with Crippen molar-refractivity contribution in [3.63, 3.8) is 0 Å². The van der Waals surface area contributed by atoms with Crippen LogP contribution in [0.2, 0.25) is 0 Å². The molecule has 0 bridgehead atoms. The molecule has 0 unspecified atom stereocenters. The monoisotopic (exact) mass is 128 g/mol. The van der Waals surface area contributed by atoms with E-state index in [2.05, 4.69) is 13.5 Å². The smallest absolute Gasteiger partial charge is 1.00 e. The molecule has 7 heavy (non-hydrogen) atoms. The second-order valence-electron chi connectivity index (χ2n) is 1.10. The van der Waals surface area contributed by atoms with Crippen molar-refractivity contribution in [3.8, 4) is 0 Å². The molecule has 0 aromatic rings. The van der Waals surface area contributed by atoms with Gasteiger partial charge >= 0.3 is 23.1 Å². The summed E-state index contributed by atoms with van der Waals surface area (Å²) in [4.78, 5) is 0. The third-order valence-corrected chi connectivity index (χ3v) is 0.500. The van der Waals surface area contributed by atoms with Crippen LogP contribution >= 0.6 is 0 Å². The summed E-state index contributed by atoms with van der Waals surface area (Å²) in [6, 6.07) is 0. The molecular formula is C5H9ClMg. The van der Waals surface area contributed by atoms with Crippen molar-refractivity contribution in [1.29, 1.82) is 0 Å². The second kappa shape index (κ2) is 9.83. The van der Waals surface area contributed by atoms with Gasteiger partial charge in [-0.2, -0.15) is 0 Å². The van der Waals surface area contributed by atoms with Gasteiger partial charge in [-0.3, -0.25) is 0 Å². The predicted molar refractivity (Wildman–Crippen MR) is 30.5 cm³/mol. The van der Waals surface area contributed by atoms with Crippen molar-refractivity contribution >= 4 is 23.1 Å². The van der Waals surface area contributed by atoms with E-state index in [1.54, 1.807) is 0 Å². The minimum absolute atomic E-state index is 0. The van der Waals surface area contributed by atoms with E-state index in [4.69, 9.17) is 0 Å². The normalized spacial score (nSPS) is 5.29. The largest absolute Gasteiger partial charge is 2.00 e. The molecule has 0 aromatic carbocycles. The van der Waals surface area contributed by atoms with Gasteiger partial charge in [-0.1, -0.05) is 13.3 Å². The Labute approximate surface area is 67.9 Å². The summed E-state index contributed by atoms with van der Waals surface area (Å²) in [7, 11) is 0. The summed E-state index contributed by atoms with van der Waals surface area (Å²) < 4.78 is 0. The van der Waals surface area contributed by atoms with Crippen LogP contribution in [0.15, 0.2) is 12.2 Å². The van der Waals surface area contributed by atoms with E-state index < -0.39 is 0 Å². The summed E-state index contributed by atoms with van der Waals surface area (Å²) in [5.74, 6) is 0. The molecule has 0 nitrogen and oxygen atoms in total. The van der Waals surface area contributed by atoms with Gasteiger partial charge in [0.05, 0.1) is 0 Å². The SMILES string of the molecule is C=C([CH2-])CC.[Cl-].[Mg+2]. The van der Waals surface area contributed by atoms with E-state index in [-0.39, 0.29) is 35.5 Å². The third kappa shape index (κ3) is 20.4. The van der Waals surface area contributed by atoms with Gasteiger partial charge in [0.15, 0.2) is 0 Å². The maximum atomic E-state index is 3.56. The van der Waals surface area contributed by atoms with E-state index in [9.17, 15) is 0 Å².